The summed E-state index contributed by atoms with van der Waals surface area (Å²) in [6, 6.07) is 6.49. The van der Waals surface area contributed by atoms with Crippen molar-refractivity contribution >= 4 is 15.9 Å². The summed E-state index contributed by atoms with van der Waals surface area (Å²) in [6.07, 6.45) is 4.54. The van der Waals surface area contributed by atoms with Gasteiger partial charge in [0.15, 0.2) is 0 Å². The molecule has 132 valence electrons. The van der Waals surface area contributed by atoms with Gasteiger partial charge >= 0.3 is 0 Å². The van der Waals surface area contributed by atoms with Gasteiger partial charge in [-0.1, -0.05) is 12.1 Å². The lowest BCUT2D eigenvalue weighted by molar-refractivity contribution is 0.0919. The van der Waals surface area contributed by atoms with Crippen molar-refractivity contribution in [1.82, 2.24) is 14.9 Å². The van der Waals surface area contributed by atoms with Crippen LogP contribution in [0.3, 0.4) is 0 Å². The first-order valence-electron chi connectivity index (χ1n) is 8.03. The Morgan fingerprint density at radius 3 is 2.79 bits per heavy atom. The van der Waals surface area contributed by atoms with Gasteiger partial charge < -0.3 is 10.2 Å². The SMILES string of the molecule is C=CCNS(=O)(=O)c1cccc(C(=O)N[C@@H]2CCC[C@H]2N(C)C)c1. The van der Waals surface area contributed by atoms with Crippen LogP contribution in [0.4, 0.5) is 0 Å². The van der Waals surface area contributed by atoms with E-state index in [1.807, 2.05) is 14.1 Å². The summed E-state index contributed by atoms with van der Waals surface area (Å²) in [5, 5.41) is 3.04. The molecule has 1 aromatic rings. The minimum Gasteiger partial charge on any atom is -0.348 e. The molecule has 0 radical (unpaired) electrons. The van der Waals surface area contributed by atoms with Gasteiger partial charge in [0.05, 0.1) is 4.90 Å². The van der Waals surface area contributed by atoms with Crippen molar-refractivity contribution in [2.75, 3.05) is 20.6 Å². The Hall–Kier alpha value is -1.70. The Morgan fingerprint density at radius 2 is 2.12 bits per heavy atom. The number of hydrogen-bond acceptors (Lipinski definition) is 4. The highest BCUT2D eigenvalue weighted by atomic mass is 32.2. The highest BCUT2D eigenvalue weighted by Gasteiger charge is 2.30. The van der Waals surface area contributed by atoms with Crippen molar-refractivity contribution in [2.24, 2.45) is 0 Å². The van der Waals surface area contributed by atoms with Crippen LogP contribution in [-0.4, -0.2) is 51.9 Å². The lowest BCUT2D eigenvalue weighted by Crippen LogP contribution is -2.46. The molecule has 1 saturated carbocycles. The predicted octanol–water partition coefficient (Wildman–Crippen LogP) is 1.36. The van der Waals surface area contributed by atoms with Crippen molar-refractivity contribution in [2.45, 2.75) is 36.2 Å². The first-order chi connectivity index (χ1) is 11.3. The van der Waals surface area contributed by atoms with Crippen LogP contribution < -0.4 is 10.0 Å². The molecule has 7 heteroatoms. The molecule has 0 aliphatic heterocycles. The second kappa shape index (κ2) is 7.92. The average molecular weight is 351 g/mol. The smallest absolute Gasteiger partial charge is 0.251 e. The van der Waals surface area contributed by atoms with Gasteiger partial charge in [-0.05, 0) is 51.6 Å². The molecule has 1 amide bonds. The maximum atomic E-state index is 12.5. The minimum absolute atomic E-state index is 0.0765. The summed E-state index contributed by atoms with van der Waals surface area (Å²) in [6.45, 7) is 3.63. The van der Waals surface area contributed by atoms with Crippen LogP contribution in [0.2, 0.25) is 0 Å². The van der Waals surface area contributed by atoms with E-state index < -0.39 is 10.0 Å². The maximum Gasteiger partial charge on any atom is 0.251 e. The van der Waals surface area contributed by atoms with Crippen LogP contribution in [0.1, 0.15) is 29.6 Å². The van der Waals surface area contributed by atoms with E-state index in [4.69, 9.17) is 0 Å². The van der Waals surface area contributed by atoms with E-state index in [1.54, 1.807) is 12.1 Å². The molecule has 1 aliphatic rings. The van der Waals surface area contributed by atoms with E-state index in [0.29, 0.717) is 11.6 Å². The molecule has 0 heterocycles. The number of sulfonamides is 1. The zero-order valence-electron chi connectivity index (χ0n) is 14.2. The molecule has 0 spiro atoms. The summed E-state index contributed by atoms with van der Waals surface area (Å²) >= 11 is 0. The molecular formula is C17H25N3O3S. The van der Waals surface area contributed by atoms with Crippen LogP contribution in [0.15, 0.2) is 41.8 Å². The summed E-state index contributed by atoms with van der Waals surface area (Å²) in [5.74, 6) is -0.241. The Morgan fingerprint density at radius 1 is 1.38 bits per heavy atom. The summed E-state index contributed by atoms with van der Waals surface area (Å²) in [7, 11) is 0.376. The number of amides is 1. The van der Waals surface area contributed by atoms with Crippen LogP contribution >= 0.6 is 0 Å². The molecule has 2 atom stereocenters. The Balaban J connectivity index is 2.13. The standard InChI is InChI=1S/C17H25N3O3S/c1-4-11-18-24(22,23)14-8-5-7-13(12-14)17(21)19-15-9-6-10-16(15)20(2)3/h4-5,7-8,12,15-16,18H,1,6,9-11H2,2-3H3,(H,19,21)/t15-,16-/m1/s1. The van der Waals surface area contributed by atoms with Gasteiger partial charge in [-0.25, -0.2) is 13.1 Å². The maximum absolute atomic E-state index is 12.5. The first kappa shape index (κ1) is 18.6. The monoisotopic (exact) mass is 351 g/mol. The predicted molar refractivity (Wildman–Crippen MR) is 94.4 cm³/mol. The average Bonchev–Trinajstić information content (AvgIpc) is 3.01. The van der Waals surface area contributed by atoms with Crippen molar-refractivity contribution in [3.05, 3.63) is 42.5 Å². The van der Waals surface area contributed by atoms with E-state index in [2.05, 4.69) is 21.5 Å². The number of benzene rings is 1. The molecule has 2 rings (SSSR count). The number of rotatable bonds is 7. The van der Waals surface area contributed by atoms with Crippen molar-refractivity contribution in [3.8, 4) is 0 Å². The normalized spacial score (nSPS) is 21.0. The van der Waals surface area contributed by atoms with E-state index in [9.17, 15) is 13.2 Å². The van der Waals surface area contributed by atoms with Gasteiger partial charge in [-0.2, -0.15) is 0 Å². The molecule has 0 saturated heterocycles. The number of hydrogen-bond donors (Lipinski definition) is 2. The third-order valence-corrected chi connectivity index (χ3v) is 5.70. The number of likely N-dealkylation sites (N-methyl/N-ethyl adjacent to an activating group) is 1. The summed E-state index contributed by atoms with van der Waals surface area (Å²) < 4.78 is 26.7. The number of nitrogens with zero attached hydrogens (tertiary/aromatic N) is 1. The zero-order valence-corrected chi connectivity index (χ0v) is 15.0. The van der Waals surface area contributed by atoms with Crippen molar-refractivity contribution in [3.63, 3.8) is 0 Å². The largest absolute Gasteiger partial charge is 0.348 e. The second-order valence-corrected chi connectivity index (χ2v) is 7.98. The Labute approximate surface area is 144 Å². The molecule has 0 bridgehead atoms. The molecule has 2 N–H and O–H groups in total. The van der Waals surface area contributed by atoms with Gasteiger partial charge in [0, 0.05) is 24.2 Å². The Kier molecular flexibility index (Phi) is 6.15. The van der Waals surface area contributed by atoms with Crippen molar-refractivity contribution < 1.29 is 13.2 Å². The van der Waals surface area contributed by atoms with Crippen LogP contribution in [0.5, 0.6) is 0 Å². The lowest BCUT2D eigenvalue weighted by Gasteiger charge is -2.27. The first-order valence-corrected chi connectivity index (χ1v) is 9.51. The zero-order chi connectivity index (χ0) is 17.7. The molecule has 1 fully saturated rings. The van der Waals surface area contributed by atoms with Gasteiger partial charge in [0.2, 0.25) is 10.0 Å². The van der Waals surface area contributed by atoms with E-state index in [0.717, 1.165) is 19.3 Å². The molecule has 6 nitrogen and oxygen atoms in total. The Bertz CT molecular complexity index is 701. The number of nitrogens with one attached hydrogen (secondary N) is 2. The highest BCUT2D eigenvalue weighted by Crippen LogP contribution is 2.23. The topological polar surface area (TPSA) is 78.5 Å². The summed E-state index contributed by atoms with van der Waals surface area (Å²) in [5.41, 5.74) is 0.348. The molecule has 0 aromatic heterocycles. The number of carbonyl (C=O) groups is 1. The molecular weight excluding hydrogens is 326 g/mol. The fraction of sp³-hybridized carbons (Fsp3) is 0.471. The quantitative estimate of drug-likeness (QED) is 0.727. The fourth-order valence-corrected chi connectivity index (χ4v) is 4.08. The van der Waals surface area contributed by atoms with Crippen LogP contribution in [0, 0.1) is 0 Å². The lowest BCUT2D eigenvalue weighted by atomic mass is 10.1. The molecule has 1 aromatic carbocycles. The van der Waals surface area contributed by atoms with E-state index in [-0.39, 0.29) is 23.4 Å². The highest BCUT2D eigenvalue weighted by molar-refractivity contribution is 7.89. The third kappa shape index (κ3) is 4.43. The fourth-order valence-electron chi connectivity index (χ4n) is 3.04. The second-order valence-electron chi connectivity index (χ2n) is 6.21. The van der Waals surface area contributed by atoms with Crippen LogP contribution in [-0.2, 0) is 10.0 Å². The third-order valence-electron chi connectivity index (χ3n) is 4.28. The van der Waals surface area contributed by atoms with Crippen molar-refractivity contribution in [1.29, 1.82) is 0 Å². The minimum atomic E-state index is -3.64. The molecule has 0 unspecified atom stereocenters. The summed E-state index contributed by atoms with van der Waals surface area (Å²) in [4.78, 5) is 14.7. The molecule has 1 aliphatic carbocycles. The van der Waals surface area contributed by atoms with E-state index in [1.165, 1.54) is 18.2 Å². The molecule has 24 heavy (non-hydrogen) atoms. The van der Waals surface area contributed by atoms with Crippen LogP contribution in [0.25, 0.3) is 0 Å². The van der Waals surface area contributed by atoms with Gasteiger partial charge in [0.1, 0.15) is 0 Å². The number of carbonyl (C=O) groups excluding carboxylic acids is 1. The van der Waals surface area contributed by atoms with Gasteiger partial charge in [-0.15, -0.1) is 6.58 Å². The van der Waals surface area contributed by atoms with Gasteiger partial charge in [0.25, 0.3) is 5.91 Å². The van der Waals surface area contributed by atoms with E-state index >= 15 is 0 Å². The van der Waals surface area contributed by atoms with Gasteiger partial charge in [-0.3, -0.25) is 4.79 Å².